The molecular formula is C9H18N2S. The molecule has 0 fully saturated rings. The van der Waals surface area contributed by atoms with Crippen molar-refractivity contribution in [2.45, 2.75) is 19.8 Å². The van der Waals surface area contributed by atoms with Crippen molar-refractivity contribution in [1.29, 1.82) is 0 Å². The molecule has 0 saturated carbocycles. The van der Waals surface area contributed by atoms with Gasteiger partial charge in [-0.05, 0) is 24.3 Å². The fraction of sp³-hybridized carbons (Fsp3) is 0.889. The Labute approximate surface area is 79.2 Å². The Hall–Kier alpha value is -0.180. The van der Waals surface area contributed by atoms with E-state index in [0.717, 1.165) is 25.4 Å². The van der Waals surface area contributed by atoms with E-state index in [9.17, 15) is 0 Å². The number of aliphatic imine (C=N–C) groups is 1. The van der Waals surface area contributed by atoms with E-state index >= 15 is 0 Å². The Morgan fingerprint density at radius 2 is 2.50 bits per heavy atom. The maximum absolute atomic E-state index is 4.37. The highest BCUT2D eigenvalue weighted by Crippen LogP contribution is 2.05. The van der Waals surface area contributed by atoms with Crippen LogP contribution in [0.25, 0.3) is 0 Å². The maximum Gasteiger partial charge on any atom is 0.0963 e. The van der Waals surface area contributed by atoms with Gasteiger partial charge in [-0.2, -0.15) is 11.8 Å². The predicted molar refractivity (Wildman–Crippen MR) is 57.1 cm³/mol. The van der Waals surface area contributed by atoms with Gasteiger partial charge in [0.15, 0.2) is 0 Å². The molecule has 1 N–H and O–H groups in total. The Morgan fingerprint density at radius 1 is 1.67 bits per heavy atom. The molecule has 12 heavy (non-hydrogen) atoms. The summed E-state index contributed by atoms with van der Waals surface area (Å²) in [6, 6.07) is 0. The molecular weight excluding hydrogens is 168 g/mol. The van der Waals surface area contributed by atoms with Gasteiger partial charge >= 0.3 is 0 Å². The third-order valence-corrected chi connectivity index (χ3v) is 2.88. The van der Waals surface area contributed by atoms with Gasteiger partial charge in [0, 0.05) is 19.5 Å². The van der Waals surface area contributed by atoms with E-state index in [-0.39, 0.29) is 0 Å². The molecule has 0 aromatic carbocycles. The van der Waals surface area contributed by atoms with E-state index in [1.165, 1.54) is 18.0 Å². The van der Waals surface area contributed by atoms with E-state index in [4.69, 9.17) is 0 Å². The third kappa shape index (κ3) is 3.48. The number of amidine groups is 1. The first kappa shape index (κ1) is 9.90. The fourth-order valence-electron chi connectivity index (χ4n) is 1.32. The molecule has 70 valence electrons. The van der Waals surface area contributed by atoms with Crippen molar-refractivity contribution in [2.24, 2.45) is 10.9 Å². The summed E-state index contributed by atoms with van der Waals surface area (Å²) >= 11 is 1.91. The molecule has 1 heterocycles. The zero-order valence-electron chi connectivity index (χ0n) is 7.97. The van der Waals surface area contributed by atoms with Crippen molar-refractivity contribution in [1.82, 2.24) is 5.32 Å². The van der Waals surface area contributed by atoms with Gasteiger partial charge in [0.1, 0.15) is 0 Å². The topological polar surface area (TPSA) is 24.4 Å². The van der Waals surface area contributed by atoms with Crippen LogP contribution in [0.3, 0.4) is 0 Å². The molecule has 3 heteroatoms. The summed E-state index contributed by atoms with van der Waals surface area (Å²) in [5.74, 6) is 3.21. The van der Waals surface area contributed by atoms with Crippen molar-refractivity contribution in [3.8, 4) is 0 Å². The summed E-state index contributed by atoms with van der Waals surface area (Å²) in [6.45, 7) is 4.39. The first-order chi connectivity index (χ1) is 5.83. The molecule has 1 aliphatic heterocycles. The van der Waals surface area contributed by atoms with Crippen LogP contribution in [0.4, 0.5) is 0 Å². The molecule has 1 atom stereocenters. The summed E-state index contributed by atoms with van der Waals surface area (Å²) in [7, 11) is 0. The van der Waals surface area contributed by atoms with Crippen molar-refractivity contribution >= 4 is 17.6 Å². The number of nitrogens with zero attached hydrogens (tertiary/aromatic N) is 1. The summed E-state index contributed by atoms with van der Waals surface area (Å²) in [5.41, 5.74) is 0. The number of thioether (sulfide) groups is 1. The molecule has 1 aliphatic rings. The number of hydrogen-bond acceptors (Lipinski definition) is 3. The van der Waals surface area contributed by atoms with Crippen LogP contribution in [0, 0.1) is 5.92 Å². The molecule has 0 spiro atoms. The maximum atomic E-state index is 4.37. The summed E-state index contributed by atoms with van der Waals surface area (Å²) < 4.78 is 0. The highest BCUT2D eigenvalue weighted by Gasteiger charge is 2.06. The monoisotopic (exact) mass is 186 g/mol. The van der Waals surface area contributed by atoms with Crippen LogP contribution in [0.1, 0.15) is 19.8 Å². The van der Waals surface area contributed by atoms with Crippen LogP contribution >= 0.6 is 11.8 Å². The first-order valence-electron chi connectivity index (χ1n) is 4.59. The Bertz CT molecular complexity index is 157. The second-order valence-electron chi connectivity index (χ2n) is 3.37. The lowest BCUT2D eigenvalue weighted by molar-refractivity contribution is 0.632. The molecule has 0 bridgehead atoms. The van der Waals surface area contributed by atoms with E-state index < -0.39 is 0 Å². The molecule has 1 rings (SSSR count). The normalized spacial score (nSPS) is 19.0. The van der Waals surface area contributed by atoms with Crippen molar-refractivity contribution in [3.05, 3.63) is 0 Å². The lowest BCUT2D eigenvalue weighted by Crippen LogP contribution is -2.27. The molecule has 0 amide bonds. The van der Waals surface area contributed by atoms with Crippen LogP contribution in [-0.4, -0.2) is 30.9 Å². The van der Waals surface area contributed by atoms with Crippen LogP contribution in [0.2, 0.25) is 0 Å². The van der Waals surface area contributed by atoms with Gasteiger partial charge in [-0.1, -0.05) is 6.92 Å². The minimum Gasteiger partial charge on any atom is -0.374 e. The van der Waals surface area contributed by atoms with Crippen molar-refractivity contribution < 1.29 is 0 Å². The van der Waals surface area contributed by atoms with Crippen LogP contribution < -0.4 is 5.32 Å². The van der Waals surface area contributed by atoms with Gasteiger partial charge < -0.3 is 5.32 Å². The average molecular weight is 186 g/mol. The van der Waals surface area contributed by atoms with Gasteiger partial charge in [0.05, 0.1) is 5.84 Å². The highest BCUT2D eigenvalue weighted by molar-refractivity contribution is 7.98. The molecule has 0 aromatic heterocycles. The van der Waals surface area contributed by atoms with E-state index in [1.807, 2.05) is 11.8 Å². The molecule has 1 unspecified atom stereocenters. The fourth-order valence-corrected chi connectivity index (χ4v) is 2.01. The minimum atomic E-state index is 0.753. The van der Waals surface area contributed by atoms with Crippen molar-refractivity contribution in [3.63, 3.8) is 0 Å². The van der Waals surface area contributed by atoms with Crippen molar-refractivity contribution in [2.75, 3.05) is 25.1 Å². The quantitative estimate of drug-likeness (QED) is 0.723. The van der Waals surface area contributed by atoms with Gasteiger partial charge in [-0.3, -0.25) is 4.99 Å². The molecule has 0 saturated heterocycles. The van der Waals surface area contributed by atoms with E-state index in [1.54, 1.807) is 0 Å². The van der Waals surface area contributed by atoms with Gasteiger partial charge in [-0.25, -0.2) is 0 Å². The second kappa shape index (κ2) is 5.46. The largest absolute Gasteiger partial charge is 0.374 e. The smallest absolute Gasteiger partial charge is 0.0963 e. The van der Waals surface area contributed by atoms with E-state index in [2.05, 4.69) is 23.5 Å². The lowest BCUT2D eigenvalue weighted by Gasteiger charge is -2.11. The molecule has 0 aromatic rings. The minimum absolute atomic E-state index is 0.753. The Balaban J connectivity index is 2.07. The number of hydrogen-bond donors (Lipinski definition) is 1. The summed E-state index contributed by atoms with van der Waals surface area (Å²) in [5, 5.41) is 3.40. The number of rotatable bonds is 4. The SMILES string of the molecule is CSCC(C)CNC1=NCCC1. The number of nitrogens with one attached hydrogen (secondary N) is 1. The van der Waals surface area contributed by atoms with Crippen LogP contribution in [0.5, 0.6) is 0 Å². The van der Waals surface area contributed by atoms with Gasteiger partial charge in [0.25, 0.3) is 0 Å². The zero-order chi connectivity index (χ0) is 8.81. The van der Waals surface area contributed by atoms with Crippen LogP contribution in [0.15, 0.2) is 4.99 Å². The molecule has 2 nitrogen and oxygen atoms in total. The molecule has 0 radical (unpaired) electrons. The van der Waals surface area contributed by atoms with E-state index in [0.29, 0.717) is 0 Å². The predicted octanol–water partition coefficient (Wildman–Crippen LogP) is 1.77. The Kier molecular flexibility index (Phi) is 4.51. The Morgan fingerprint density at radius 3 is 3.08 bits per heavy atom. The summed E-state index contributed by atoms with van der Waals surface area (Å²) in [4.78, 5) is 4.37. The lowest BCUT2D eigenvalue weighted by atomic mass is 10.2. The van der Waals surface area contributed by atoms with Gasteiger partial charge in [0.2, 0.25) is 0 Å². The summed E-state index contributed by atoms with van der Waals surface area (Å²) in [6.07, 6.45) is 4.55. The van der Waals surface area contributed by atoms with Gasteiger partial charge in [-0.15, -0.1) is 0 Å². The molecule has 0 aliphatic carbocycles. The first-order valence-corrected chi connectivity index (χ1v) is 5.98. The van der Waals surface area contributed by atoms with Crippen LogP contribution in [-0.2, 0) is 0 Å². The average Bonchev–Trinajstić information content (AvgIpc) is 2.53. The second-order valence-corrected chi connectivity index (χ2v) is 4.28. The zero-order valence-corrected chi connectivity index (χ0v) is 8.78. The standard InChI is InChI=1S/C9H18N2S/c1-8(7-12-2)6-11-9-4-3-5-10-9/h8H,3-7H2,1-2H3,(H,10,11). The highest BCUT2D eigenvalue weighted by atomic mass is 32.2. The third-order valence-electron chi connectivity index (χ3n) is 1.98.